The van der Waals surface area contributed by atoms with Crippen LogP contribution in [0.5, 0.6) is 5.75 Å². The fraction of sp³-hybridized carbons (Fsp3) is 0.273. The number of benzene rings is 2. The first-order chi connectivity index (χ1) is 12.5. The quantitative estimate of drug-likeness (QED) is 0.606. The lowest BCUT2D eigenvalue weighted by Crippen LogP contribution is -2.11. The maximum absolute atomic E-state index is 12.7. The van der Waals surface area contributed by atoms with Gasteiger partial charge in [0, 0.05) is 10.9 Å². The second-order valence-electron chi connectivity index (χ2n) is 6.80. The van der Waals surface area contributed by atoms with Crippen LogP contribution in [0.2, 0.25) is 0 Å². The first-order valence-corrected chi connectivity index (χ1v) is 8.71. The van der Waals surface area contributed by atoms with E-state index in [1.165, 1.54) is 0 Å². The molecule has 0 amide bonds. The van der Waals surface area contributed by atoms with Crippen LogP contribution in [0.1, 0.15) is 29.8 Å². The third-order valence-electron chi connectivity index (χ3n) is 4.12. The van der Waals surface area contributed by atoms with Crippen molar-refractivity contribution in [2.24, 2.45) is 5.92 Å². The largest absolute Gasteiger partial charge is 0.497 e. The highest BCUT2D eigenvalue weighted by molar-refractivity contribution is 6.04. The van der Waals surface area contributed by atoms with Crippen molar-refractivity contribution in [3.8, 4) is 17.0 Å². The standard InChI is InChI=1S/C22H23NO3/c1-14(2)13-26-22(24)19-12-21(16-6-8-17(25-4)9-7-16)23-20-10-5-15(3)11-18(19)20/h5-12,14H,13H2,1-4H3. The molecule has 134 valence electrons. The minimum absolute atomic E-state index is 0.287. The molecule has 0 saturated heterocycles. The summed E-state index contributed by atoms with van der Waals surface area (Å²) in [6.07, 6.45) is 0. The topological polar surface area (TPSA) is 48.4 Å². The third kappa shape index (κ3) is 3.85. The second kappa shape index (κ2) is 7.56. The van der Waals surface area contributed by atoms with Crippen molar-refractivity contribution in [3.63, 3.8) is 0 Å². The van der Waals surface area contributed by atoms with Gasteiger partial charge in [0.05, 0.1) is 30.5 Å². The molecule has 2 aromatic carbocycles. The van der Waals surface area contributed by atoms with Gasteiger partial charge in [-0.15, -0.1) is 0 Å². The second-order valence-corrected chi connectivity index (χ2v) is 6.80. The number of esters is 1. The number of nitrogens with zero attached hydrogens (tertiary/aromatic N) is 1. The molecule has 0 bridgehead atoms. The molecule has 4 heteroatoms. The van der Waals surface area contributed by atoms with E-state index in [4.69, 9.17) is 14.5 Å². The van der Waals surface area contributed by atoms with E-state index >= 15 is 0 Å². The van der Waals surface area contributed by atoms with E-state index in [0.29, 0.717) is 12.2 Å². The summed E-state index contributed by atoms with van der Waals surface area (Å²) in [5.41, 5.74) is 4.06. The number of rotatable bonds is 5. The first kappa shape index (κ1) is 17.9. The van der Waals surface area contributed by atoms with Crippen LogP contribution in [0.15, 0.2) is 48.5 Å². The fourth-order valence-electron chi connectivity index (χ4n) is 2.74. The van der Waals surface area contributed by atoms with Crippen molar-refractivity contribution in [1.82, 2.24) is 4.98 Å². The Labute approximate surface area is 153 Å². The zero-order chi connectivity index (χ0) is 18.7. The zero-order valence-corrected chi connectivity index (χ0v) is 15.6. The third-order valence-corrected chi connectivity index (χ3v) is 4.12. The Morgan fingerprint density at radius 2 is 1.81 bits per heavy atom. The molecule has 0 atom stereocenters. The molecule has 0 aliphatic heterocycles. The van der Waals surface area contributed by atoms with Gasteiger partial charge in [-0.2, -0.15) is 0 Å². The zero-order valence-electron chi connectivity index (χ0n) is 15.6. The number of pyridine rings is 1. The van der Waals surface area contributed by atoms with Gasteiger partial charge in [-0.1, -0.05) is 25.5 Å². The summed E-state index contributed by atoms with van der Waals surface area (Å²) in [5.74, 6) is 0.753. The van der Waals surface area contributed by atoms with Crippen LogP contribution in [-0.4, -0.2) is 24.7 Å². The Morgan fingerprint density at radius 1 is 1.08 bits per heavy atom. The molecule has 0 aliphatic carbocycles. The van der Waals surface area contributed by atoms with Crippen molar-refractivity contribution in [2.45, 2.75) is 20.8 Å². The van der Waals surface area contributed by atoms with Gasteiger partial charge in [0.1, 0.15) is 5.75 Å². The van der Waals surface area contributed by atoms with Gasteiger partial charge in [-0.3, -0.25) is 0 Å². The van der Waals surface area contributed by atoms with Crippen molar-refractivity contribution in [3.05, 3.63) is 59.7 Å². The van der Waals surface area contributed by atoms with Gasteiger partial charge >= 0.3 is 5.97 Å². The van der Waals surface area contributed by atoms with Crippen molar-refractivity contribution < 1.29 is 14.3 Å². The Hall–Kier alpha value is -2.88. The van der Waals surface area contributed by atoms with E-state index in [0.717, 1.165) is 33.5 Å². The number of hydrogen-bond acceptors (Lipinski definition) is 4. The van der Waals surface area contributed by atoms with Crippen molar-refractivity contribution in [1.29, 1.82) is 0 Å². The van der Waals surface area contributed by atoms with Crippen LogP contribution >= 0.6 is 0 Å². The molecule has 26 heavy (non-hydrogen) atoms. The Balaban J connectivity index is 2.10. The summed E-state index contributed by atoms with van der Waals surface area (Å²) in [6.45, 7) is 6.43. The number of carbonyl (C=O) groups excluding carboxylic acids is 1. The number of methoxy groups -OCH3 is 1. The number of aryl methyl sites for hydroxylation is 1. The van der Waals surface area contributed by atoms with Crippen LogP contribution in [-0.2, 0) is 4.74 Å². The Morgan fingerprint density at radius 3 is 2.46 bits per heavy atom. The summed E-state index contributed by atoms with van der Waals surface area (Å²) >= 11 is 0. The van der Waals surface area contributed by atoms with Crippen LogP contribution in [0.25, 0.3) is 22.2 Å². The van der Waals surface area contributed by atoms with Gasteiger partial charge < -0.3 is 9.47 Å². The lowest BCUT2D eigenvalue weighted by Gasteiger charge is -2.12. The predicted octanol–water partition coefficient (Wildman–Crippen LogP) is 5.03. The molecule has 0 radical (unpaired) electrons. The number of carbonyl (C=O) groups is 1. The molecule has 0 unspecified atom stereocenters. The minimum Gasteiger partial charge on any atom is -0.497 e. The van der Waals surface area contributed by atoms with E-state index in [1.807, 2.05) is 69.3 Å². The molecule has 0 N–H and O–H groups in total. The molecule has 0 fully saturated rings. The molecular weight excluding hydrogens is 326 g/mol. The molecule has 0 spiro atoms. The minimum atomic E-state index is -0.313. The Kier molecular flexibility index (Phi) is 5.21. The van der Waals surface area contributed by atoms with E-state index in [9.17, 15) is 4.79 Å². The monoisotopic (exact) mass is 349 g/mol. The molecular formula is C22H23NO3. The van der Waals surface area contributed by atoms with Gasteiger partial charge in [0.15, 0.2) is 0 Å². The number of fused-ring (bicyclic) bond motifs is 1. The highest BCUT2D eigenvalue weighted by Crippen LogP contribution is 2.27. The highest BCUT2D eigenvalue weighted by atomic mass is 16.5. The Bertz CT molecular complexity index is 930. The number of aromatic nitrogens is 1. The van der Waals surface area contributed by atoms with E-state index in [2.05, 4.69) is 0 Å². The van der Waals surface area contributed by atoms with E-state index in [-0.39, 0.29) is 11.9 Å². The molecule has 3 aromatic rings. The maximum Gasteiger partial charge on any atom is 0.338 e. The van der Waals surface area contributed by atoms with E-state index < -0.39 is 0 Å². The summed E-state index contributed by atoms with van der Waals surface area (Å²) in [4.78, 5) is 17.4. The van der Waals surface area contributed by atoms with Crippen LogP contribution in [0, 0.1) is 12.8 Å². The van der Waals surface area contributed by atoms with Crippen molar-refractivity contribution in [2.75, 3.05) is 13.7 Å². The highest BCUT2D eigenvalue weighted by Gasteiger charge is 2.16. The average molecular weight is 349 g/mol. The molecule has 4 nitrogen and oxygen atoms in total. The maximum atomic E-state index is 12.7. The van der Waals surface area contributed by atoms with Crippen LogP contribution in [0.4, 0.5) is 0 Å². The molecule has 3 rings (SSSR count). The summed E-state index contributed by atoms with van der Waals surface area (Å²) in [6, 6.07) is 15.4. The average Bonchev–Trinajstić information content (AvgIpc) is 2.65. The van der Waals surface area contributed by atoms with Gasteiger partial charge in [-0.05, 0) is 55.3 Å². The van der Waals surface area contributed by atoms with Gasteiger partial charge in [-0.25, -0.2) is 9.78 Å². The van der Waals surface area contributed by atoms with Crippen molar-refractivity contribution >= 4 is 16.9 Å². The predicted molar refractivity (Wildman–Crippen MR) is 104 cm³/mol. The smallest absolute Gasteiger partial charge is 0.338 e. The molecule has 1 heterocycles. The summed E-state index contributed by atoms with van der Waals surface area (Å²) < 4.78 is 10.7. The molecule has 0 saturated carbocycles. The van der Waals surface area contributed by atoms with E-state index in [1.54, 1.807) is 7.11 Å². The lowest BCUT2D eigenvalue weighted by molar-refractivity contribution is 0.0461. The fourth-order valence-corrected chi connectivity index (χ4v) is 2.74. The first-order valence-electron chi connectivity index (χ1n) is 8.71. The van der Waals surface area contributed by atoms with Gasteiger partial charge in [0.2, 0.25) is 0 Å². The van der Waals surface area contributed by atoms with Crippen LogP contribution in [0.3, 0.4) is 0 Å². The SMILES string of the molecule is COc1ccc(-c2cc(C(=O)OCC(C)C)c3cc(C)ccc3n2)cc1. The number of ether oxygens (including phenoxy) is 2. The van der Waals surface area contributed by atoms with Crippen LogP contribution < -0.4 is 4.74 Å². The lowest BCUT2D eigenvalue weighted by atomic mass is 10.0. The molecule has 0 aliphatic rings. The summed E-state index contributed by atoms with van der Waals surface area (Å²) in [7, 11) is 1.63. The number of hydrogen-bond donors (Lipinski definition) is 0. The normalized spacial score (nSPS) is 11.0. The summed E-state index contributed by atoms with van der Waals surface area (Å²) in [5, 5.41) is 0.816. The van der Waals surface area contributed by atoms with Gasteiger partial charge in [0.25, 0.3) is 0 Å². The molecule has 1 aromatic heterocycles.